The van der Waals surface area contributed by atoms with E-state index < -0.39 is 0 Å². The molecule has 0 N–H and O–H groups in total. The van der Waals surface area contributed by atoms with Crippen LogP contribution in [0.1, 0.15) is 27.2 Å². The molecular formula is C10H16N2O. The molecule has 0 saturated heterocycles. The van der Waals surface area contributed by atoms with Crippen molar-refractivity contribution in [2.75, 3.05) is 0 Å². The van der Waals surface area contributed by atoms with Gasteiger partial charge in [-0.15, -0.1) is 0 Å². The van der Waals surface area contributed by atoms with Crippen LogP contribution in [-0.2, 0) is 11.3 Å². The minimum Gasteiger partial charge on any atom is -0.330 e. The van der Waals surface area contributed by atoms with Gasteiger partial charge in [0.1, 0.15) is 0 Å². The van der Waals surface area contributed by atoms with Crippen LogP contribution in [0.15, 0.2) is 18.7 Å². The number of carbonyl (C=O) groups is 1. The van der Waals surface area contributed by atoms with Crippen molar-refractivity contribution in [2.45, 2.75) is 33.7 Å². The molecule has 1 rings (SSSR count). The predicted molar refractivity (Wildman–Crippen MR) is 51.3 cm³/mol. The van der Waals surface area contributed by atoms with E-state index in [4.69, 9.17) is 0 Å². The second-order valence-corrected chi connectivity index (χ2v) is 3.90. The van der Waals surface area contributed by atoms with E-state index in [1.807, 2.05) is 27.0 Å². The summed E-state index contributed by atoms with van der Waals surface area (Å²) < 4.78 is 1.81. The molecule has 0 fully saturated rings. The lowest BCUT2D eigenvalue weighted by molar-refractivity contribution is -0.127. The Labute approximate surface area is 78.8 Å². The van der Waals surface area contributed by atoms with Crippen molar-refractivity contribution in [1.29, 1.82) is 0 Å². The van der Waals surface area contributed by atoms with Crippen molar-refractivity contribution in [3.63, 3.8) is 0 Å². The fraction of sp³-hybridized carbons (Fsp3) is 0.600. The van der Waals surface area contributed by atoms with Crippen LogP contribution in [-0.4, -0.2) is 15.3 Å². The first-order chi connectivity index (χ1) is 6.06. The molecule has 0 aliphatic rings. The first-order valence-corrected chi connectivity index (χ1v) is 4.55. The van der Waals surface area contributed by atoms with Crippen LogP contribution in [0, 0.1) is 5.41 Å². The Morgan fingerprint density at radius 3 is 2.69 bits per heavy atom. The lowest BCUT2D eigenvalue weighted by atomic mass is 9.85. The quantitative estimate of drug-likeness (QED) is 0.709. The third kappa shape index (κ3) is 2.41. The second kappa shape index (κ2) is 3.73. The fourth-order valence-electron chi connectivity index (χ4n) is 0.957. The number of Topliss-reactive ketones (excluding diaryl/α,β-unsaturated/α-hetero) is 1. The van der Waals surface area contributed by atoms with Gasteiger partial charge in [0.05, 0.1) is 12.9 Å². The van der Waals surface area contributed by atoms with Crippen molar-refractivity contribution in [3.8, 4) is 0 Å². The molecule has 0 aliphatic heterocycles. The third-order valence-electron chi connectivity index (χ3n) is 2.52. The van der Waals surface area contributed by atoms with Crippen LogP contribution in [0.4, 0.5) is 0 Å². The lowest BCUT2D eigenvalue weighted by Gasteiger charge is -2.20. The van der Waals surface area contributed by atoms with Crippen molar-refractivity contribution < 1.29 is 4.79 Å². The highest BCUT2D eigenvalue weighted by molar-refractivity contribution is 5.83. The van der Waals surface area contributed by atoms with E-state index in [1.165, 1.54) is 0 Å². The van der Waals surface area contributed by atoms with Gasteiger partial charge in [0.15, 0.2) is 5.78 Å². The molecule has 0 radical (unpaired) electrons. The number of carbonyl (C=O) groups excluding carboxylic acids is 1. The topological polar surface area (TPSA) is 34.9 Å². The number of nitrogens with zero attached hydrogens (tertiary/aromatic N) is 2. The molecule has 0 aromatic carbocycles. The Kier molecular flexibility index (Phi) is 2.86. The first-order valence-electron chi connectivity index (χ1n) is 4.55. The number of rotatable bonds is 4. The number of hydrogen-bond acceptors (Lipinski definition) is 2. The Balaban J connectivity index is 2.61. The molecule has 1 aromatic rings. The normalized spacial score (nSPS) is 11.6. The van der Waals surface area contributed by atoms with Crippen molar-refractivity contribution in [3.05, 3.63) is 18.7 Å². The summed E-state index contributed by atoms with van der Waals surface area (Å²) in [5.74, 6) is 0.257. The summed E-state index contributed by atoms with van der Waals surface area (Å²) in [7, 11) is 0. The lowest BCUT2D eigenvalue weighted by Crippen LogP contribution is -2.26. The average Bonchev–Trinajstić information content (AvgIpc) is 2.57. The number of hydrogen-bond donors (Lipinski definition) is 0. The summed E-state index contributed by atoms with van der Waals surface area (Å²) in [6.45, 7) is 6.42. The smallest absolute Gasteiger partial charge is 0.158 e. The molecule has 1 heterocycles. The summed E-state index contributed by atoms with van der Waals surface area (Å²) in [5, 5.41) is 0. The van der Waals surface area contributed by atoms with E-state index in [1.54, 1.807) is 17.1 Å². The van der Waals surface area contributed by atoms with E-state index >= 15 is 0 Å². The average molecular weight is 180 g/mol. The van der Waals surface area contributed by atoms with Crippen LogP contribution in [0.25, 0.3) is 0 Å². The molecule has 0 unspecified atom stereocenters. The molecule has 0 atom stereocenters. The van der Waals surface area contributed by atoms with E-state index in [-0.39, 0.29) is 11.2 Å². The highest BCUT2D eigenvalue weighted by atomic mass is 16.1. The zero-order valence-electron chi connectivity index (χ0n) is 8.45. The molecule has 0 saturated carbocycles. The third-order valence-corrected chi connectivity index (χ3v) is 2.52. The van der Waals surface area contributed by atoms with Gasteiger partial charge in [0.2, 0.25) is 0 Å². The molecule has 0 spiro atoms. The van der Waals surface area contributed by atoms with Gasteiger partial charge in [-0.3, -0.25) is 4.79 Å². The van der Waals surface area contributed by atoms with Crippen LogP contribution < -0.4 is 0 Å². The van der Waals surface area contributed by atoms with Gasteiger partial charge in [0, 0.05) is 17.8 Å². The molecule has 13 heavy (non-hydrogen) atoms. The van der Waals surface area contributed by atoms with Gasteiger partial charge in [-0.25, -0.2) is 4.98 Å². The Morgan fingerprint density at radius 1 is 1.54 bits per heavy atom. The minimum atomic E-state index is -0.218. The highest BCUT2D eigenvalue weighted by Crippen LogP contribution is 2.21. The van der Waals surface area contributed by atoms with E-state index in [9.17, 15) is 4.79 Å². The van der Waals surface area contributed by atoms with Gasteiger partial charge < -0.3 is 4.57 Å². The molecule has 72 valence electrons. The van der Waals surface area contributed by atoms with E-state index in [0.29, 0.717) is 6.54 Å². The van der Waals surface area contributed by atoms with Crippen LogP contribution in [0.2, 0.25) is 0 Å². The number of aromatic nitrogens is 2. The predicted octanol–water partition coefficient (Wildman–Crippen LogP) is 1.89. The summed E-state index contributed by atoms with van der Waals surface area (Å²) in [5.41, 5.74) is -0.218. The highest BCUT2D eigenvalue weighted by Gasteiger charge is 2.24. The van der Waals surface area contributed by atoms with Crippen LogP contribution in [0.3, 0.4) is 0 Å². The summed E-state index contributed by atoms with van der Waals surface area (Å²) in [6.07, 6.45) is 6.04. The van der Waals surface area contributed by atoms with Crippen LogP contribution in [0.5, 0.6) is 0 Å². The molecule has 3 nitrogen and oxygen atoms in total. The number of ketones is 1. The van der Waals surface area contributed by atoms with Gasteiger partial charge in [0.25, 0.3) is 0 Å². The van der Waals surface area contributed by atoms with Crippen molar-refractivity contribution >= 4 is 5.78 Å². The van der Waals surface area contributed by atoms with Crippen molar-refractivity contribution in [1.82, 2.24) is 9.55 Å². The molecule has 0 aliphatic carbocycles. The maximum absolute atomic E-state index is 11.7. The van der Waals surface area contributed by atoms with Gasteiger partial charge in [-0.1, -0.05) is 20.8 Å². The monoisotopic (exact) mass is 180 g/mol. The van der Waals surface area contributed by atoms with Gasteiger partial charge >= 0.3 is 0 Å². The largest absolute Gasteiger partial charge is 0.330 e. The second-order valence-electron chi connectivity index (χ2n) is 3.90. The molecule has 0 amide bonds. The first kappa shape index (κ1) is 9.96. The fourth-order valence-corrected chi connectivity index (χ4v) is 0.957. The zero-order valence-corrected chi connectivity index (χ0v) is 8.45. The maximum Gasteiger partial charge on any atom is 0.158 e. The Hall–Kier alpha value is -1.12. The standard InChI is InChI=1S/C10H16N2O/c1-4-10(2,3)9(13)7-12-6-5-11-8-12/h5-6,8H,4,7H2,1-3H3. The summed E-state index contributed by atoms with van der Waals surface area (Å²) in [4.78, 5) is 15.6. The Bertz CT molecular complexity index is 275. The van der Waals surface area contributed by atoms with E-state index in [2.05, 4.69) is 4.98 Å². The summed E-state index contributed by atoms with van der Waals surface area (Å²) in [6, 6.07) is 0. The summed E-state index contributed by atoms with van der Waals surface area (Å²) >= 11 is 0. The SMILES string of the molecule is CCC(C)(C)C(=O)Cn1ccnc1. The number of imidazole rings is 1. The Morgan fingerprint density at radius 2 is 2.23 bits per heavy atom. The molecular weight excluding hydrogens is 164 g/mol. The molecule has 0 bridgehead atoms. The minimum absolute atomic E-state index is 0.218. The molecule has 1 aromatic heterocycles. The maximum atomic E-state index is 11.7. The molecule has 3 heteroatoms. The van der Waals surface area contributed by atoms with Gasteiger partial charge in [-0.05, 0) is 6.42 Å². The van der Waals surface area contributed by atoms with Gasteiger partial charge in [-0.2, -0.15) is 0 Å². The van der Waals surface area contributed by atoms with Crippen molar-refractivity contribution in [2.24, 2.45) is 5.41 Å². The van der Waals surface area contributed by atoms with Crippen LogP contribution >= 0.6 is 0 Å². The van der Waals surface area contributed by atoms with E-state index in [0.717, 1.165) is 6.42 Å². The zero-order chi connectivity index (χ0) is 9.90.